The van der Waals surface area contributed by atoms with Crippen LogP contribution in [0.4, 0.5) is 0 Å². The van der Waals surface area contributed by atoms with Crippen LogP contribution in [0.25, 0.3) is 0 Å². The Morgan fingerprint density at radius 3 is 1.77 bits per heavy atom. The van der Waals surface area contributed by atoms with Gasteiger partial charge in [-0.15, -0.1) is 0 Å². The molecule has 1 fully saturated rings. The molecule has 1 rings (SSSR count). The van der Waals surface area contributed by atoms with E-state index < -0.39 is 0 Å². The minimum Gasteiger partial charge on any atom is -0.461 e. The summed E-state index contributed by atoms with van der Waals surface area (Å²) in [4.78, 5) is 14.2. The summed E-state index contributed by atoms with van der Waals surface area (Å²) in [5, 5.41) is 0. The summed E-state index contributed by atoms with van der Waals surface area (Å²) in [6.07, 6.45) is 20.7. The predicted octanol–water partition coefficient (Wildman–Crippen LogP) is 6.50. The highest BCUT2D eigenvalue weighted by molar-refractivity contribution is 5.69. The Morgan fingerprint density at radius 1 is 0.808 bits per heavy atom. The van der Waals surface area contributed by atoms with Crippen LogP contribution < -0.4 is 0 Å². The van der Waals surface area contributed by atoms with Crippen LogP contribution in [0.2, 0.25) is 0 Å². The normalized spacial score (nSPS) is 17.7. The maximum atomic E-state index is 11.9. The highest BCUT2D eigenvalue weighted by Gasteiger charge is 2.23. The molecule has 26 heavy (non-hydrogen) atoms. The second-order valence-electron chi connectivity index (χ2n) is 8.14. The van der Waals surface area contributed by atoms with E-state index in [-0.39, 0.29) is 12.1 Å². The van der Waals surface area contributed by atoms with E-state index >= 15 is 0 Å². The third-order valence-electron chi connectivity index (χ3n) is 5.71. The first-order chi connectivity index (χ1) is 12.8. The molecule has 1 aliphatic heterocycles. The van der Waals surface area contributed by atoms with E-state index in [9.17, 15) is 4.79 Å². The average molecular weight is 368 g/mol. The fourth-order valence-electron chi connectivity index (χ4n) is 3.89. The van der Waals surface area contributed by atoms with Crippen molar-refractivity contribution in [3.05, 3.63) is 0 Å². The van der Waals surface area contributed by atoms with Gasteiger partial charge in [0.25, 0.3) is 0 Å². The molecule has 0 aliphatic carbocycles. The van der Waals surface area contributed by atoms with Gasteiger partial charge in [-0.3, -0.25) is 9.69 Å². The zero-order chi connectivity index (χ0) is 18.9. The quantitative estimate of drug-likeness (QED) is 0.217. The smallest absolute Gasteiger partial charge is 0.306 e. The molecule has 0 amide bonds. The molecule has 1 unspecified atom stereocenters. The maximum absolute atomic E-state index is 11.9. The van der Waals surface area contributed by atoms with Gasteiger partial charge in [0.15, 0.2) is 0 Å². The number of esters is 1. The van der Waals surface area contributed by atoms with Crippen LogP contribution in [0.3, 0.4) is 0 Å². The second-order valence-corrected chi connectivity index (χ2v) is 8.14. The van der Waals surface area contributed by atoms with Crippen LogP contribution >= 0.6 is 0 Å². The summed E-state index contributed by atoms with van der Waals surface area (Å²) in [6, 6.07) is 0. The van der Waals surface area contributed by atoms with Gasteiger partial charge in [0.1, 0.15) is 6.10 Å². The molecular formula is C23H45NO2. The summed E-state index contributed by atoms with van der Waals surface area (Å²) in [6.45, 7) is 7.52. The van der Waals surface area contributed by atoms with E-state index in [1.54, 1.807) is 0 Å². The fraction of sp³-hybridized carbons (Fsp3) is 0.957. The Hall–Kier alpha value is -0.570. The van der Waals surface area contributed by atoms with Crippen LogP contribution in [0.5, 0.6) is 0 Å². The van der Waals surface area contributed by atoms with Crippen LogP contribution in [-0.4, -0.2) is 36.6 Å². The number of carbonyl (C=O) groups is 1. The Kier molecular flexibility index (Phi) is 15.0. The lowest BCUT2D eigenvalue weighted by atomic mass is 10.0. The number of hydrogen-bond donors (Lipinski definition) is 0. The topological polar surface area (TPSA) is 29.5 Å². The lowest BCUT2D eigenvalue weighted by molar-refractivity contribution is -0.148. The van der Waals surface area contributed by atoms with Gasteiger partial charge in [-0.1, -0.05) is 97.3 Å². The van der Waals surface area contributed by atoms with Crippen LogP contribution in [0.15, 0.2) is 0 Å². The first-order valence-corrected chi connectivity index (χ1v) is 11.7. The lowest BCUT2D eigenvalue weighted by Gasteiger charge is -2.13. The van der Waals surface area contributed by atoms with E-state index in [2.05, 4.69) is 18.7 Å². The Morgan fingerprint density at radius 2 is 1.31 bits per heavy atom. The van der Waals surface area contributed by atoms with Crippen molar-refractivity contribution in [2.45, 2.75) is 123 Å². The molecule has 1 heterocycles. The average Bonchev–Trinajstić information content (AvgIpc) is 3.09. The fourth-order valence-corrected chi connectivity index (χ4v) is 3.89. The van der Waals surface area contributed by atoms with Crippen molar-refractivity contribution < 1.29 is 9.53 Å². The lowest BCUT2D eigenvalue weighted by Crippen LogP contribution is -2.24. The van der Waals surface area contributed by atoms with Crippen LogP contribution in [0.1, 0.15) is 117 Å². The second kappa shape index (κ2) is 16.6. The third kappa shape index (κ3) is 12.7. The molecule has 0 saturated carbocycles. The summed E-state index contributed by atoms with van der Waals surface area (Å²) >= 11 is 0. The molecule has 0 aromatic rings. The van der Waals surface area contributed by atoms with Crippen molar-refractivity contribution in [3.8, 4) is 0 Å². The van der Waals surface area contributed by atoms with E-state index in [0.29, 0.717) is 6.42 Å². The largest absolute Gasteiger partial charge is 0.461 e. The SMILES string of the molecule is CCCCCCCCCCCCCCCCC(=O)OC1CCN(CC)C1. The Bertz CT molecular complexity index is 332. The van der Waals surface area contributed by atoms with Gasteiger partial charge in [-0.05, 0) is 19.4 Å². The molecule has 0 spiro atoms. The third-order valence-corrected chi connectivity index (χ3v) is 5.71. The Labute approximate surface area is 163 Å². The van der Waals surface area contributed by atoms with Crippen LogP contribution in [-0.2, 0) is 9.53 Å². The van der Waals surface area contributed by atoms with Crippen molar-refractivity contribution in [2.75, 3.05) is 19.6 Å². The van der Waals surface area contributed by atoms with Crippen LogP contribution in [0, 0.1) is 0 Å². The van der Waals surface area contributed by atoms with Crippen molar-refractivity contribution >= 4 is 5.97 Å². The number of ether oxygens (including phenoxy) is 1. The van der Waals surface area contributed by atoms with E-state index in [1.165, 1.54) is 83.5 Å². The molecule has 0 aromatic carbocycles. The molecule has 3 nitrogen and oxygen atoms in total. The molecule has 3 heteroatoms. The first kappa shape index (κ1) is 23.5. The first-order valence-electron chi connectivity index (χ1n) is 11.7. The summed E-state index contributed by atoms with van der Waals surface area (Å²) in [5.74, 6) is 0.0203. The standard InChI is InChI=1S/C23H45NO2/c1-3-5-6-7-8-9-10-11-12-13-14-15-16-17-18-23(25)26-22-19-20-24(4-2)21-22/h22H,3-21H2,1-2H3. The summed E-state index contributed by atoms with van der Waals surface area (Å²) in [7, 11) is 0. The Balaban J connectivity index is 1.77. The number of likely N-dealkylation sites (tertiary alicyclic amines) is 1. The highest BCUT2D eigenvalue weighted by atomic mass is 16.5. The highest BCUT2D eigenvalue weighted by Crippen LogP contribution is 2.15. The molecule has 1 saturated heterocycles. The van der Waals surface area contributed by atoms with Gasteiger partial charge in [0.2, 0.25) is 0 Å². The molecule has 0 radical (unpaired) electrons. The van der Waals surface area contributed by atoms with E-state index in [0.717, 1.165) is 32.5 Å². The molecule has 154 valence electrons. The van der Waals surface area contributed by atoms with Crippen molar-refractivity contribution in [3.63, 3.8) is 0 Å². The molecule has 0 bridgehead atoms. The van der Waals surface area contributed by atoms with Gasteiger partial charge < -0.3 is 4.74 Å². The van der Waals surface area contributed by atoms with E-state index in [4.69, 9.17) is 4.74 Å². The molecule has 1 atom stereocenters. The van der Waals surface area contributed by atoms with Gasteiger partial charge in [-0.25, -0.2) is 0 Å². The minimum atomic E-state index is 0.0203. The van der Waals surface area contributed by atoms with Crippen molar-refractivity contribution in [1.82, 2.24) is 4.90 Å². The zero-order valence-electron chi connectivity index (χ0n) is 17.8. The predicted molar refractivity (Wildman–Crippen MR) is 112 cm³/mol. The summed E-state index contributed by atoms with van der Waals surface area (Å²) in [5.41, 5.74) is 0. The number of unbranched alkanes of at least 4 members (excludes halogenated alkanes) is 13. The van der Waals surface area contributed by atoms with Gasteiger partial charge in [0.05, 0.1) is 0 Å². The molecular weight excluding hydrogens is 322 g/mol. The van der Waals surface area contributed by atoms with E-state index in [1.807, 2.05) is 0 Å². The molecule has 0 aromatic heterocycles. The number of likely N-dealkylation sites (N-methyl/N-ethyl adjacent to an activating group) is 1. The number of carbonyl (C=O) groups excluding carboxylic acids is 1. The number of hydrogen-bond acceptors (Lipinski definition) is 3. The van der Waals surface area contributed by atoms with Gasteiger partial charge in [-0.2, -0.15) is 0 Å². The van der Waals surface area contributed by atoms with Gasteiger partial charge >= 0.3 is 5.97 Å². The summed E-state index contributed by atoms with van der Waals surface area (Å²) < 4.78 is 5.58. The number of nitrogens with zero attached hydrogens (tertiary/aromatic N) is 1. The van der Waals surface area contributed by atoms with Crippen molar-refractivity contribution in [1.29, 1.82) is 0 Å². The monoisotopic (exact) mass is 367 g/mol. The zero-order valence-corrected chi connectivity index (χ0v) is 17.8. The maximum Gasteiger partial charge on any atom is 0.306 e. The molecule has 0 N–H and O–H groups in total. The minimum absolute atomic E-state index is 0.0203. The number of rotatable bonds is 17. The van der Waals surface area contributed by atoms with Gasteiger partial charge in [0, 0.05) is 19.5 Å². The van der Waals surface area contributed by atoms with Crippen molar-refractivity contribution in [2.24, 2.45) is 0 Å². The molecule has 1 aliphatic rings.